The van der Waals surface area contributed by atoms with Gasteiger partial charge in [-0.1, -0.05) is 52.6 Å². The molecule has 11 heteroatoms. The van der Waals surface area contributed by atoms with Crippen LogP contribution in [0.25, 0.3) is 10.9 Å². The number of halogens is 2. The van der Waals surface area contributed by atoms with Crippen molar-refractivity contribution in [2.24, 2.45) is 5.10 Å². The van der Waals surface area contributed by atoms with Crippen LogP contribution in [0.15, 0.2) is 53.8 Å². The summed E-state index contributed by atoms with van der Waals surface area (Å²) in [6.07, 6.45) is 3.55. The van der Waals surface area contributed by atoms with Crippen LogP contribution >= 0.6 is 23.2 Å². The van der Waals surface area contributed by atoms with Gasteiger partial charge in [0.2, 0.25) is 5.95 Å². The van der Waals surface area contributed by atoms with Crippen LogP contribution in [0.5, 0.6) is 0 Å². The molecule has 0 radical (unpaired) electrons. The number of amides is 1. The van der Waals surface area contributed by atoms with Gasteiger partial charge in [0.1, 0.15) is 6.54 Å². The molecule has 0 aliphatic carbocycles. The maximum atomic E-state index is 12.0. The zero-order valence-electron chi connectivity index (χ0n) is 15.5. The number of hydrazone groups is 1. The molecule has 9 nitrogen and oxygen atoms in total. The van der Waals surface area contributed by atoms with Crippen molar-refractivity contribution in [1.29, 1.82) is 0 Å². The summed E-state index contributed by atoms with van der Waals surface area (Å²) in [7, 11) is 0. The summed E-state index contributed by atoms with van der Waals surface area (Å²) in [5, 5.41) is 16.6. The number of hydrogen-bond acceptors (Lipinski definition) is 6. The highest BCUT2D eigenvalue weighted by molar-refractivity contribution is 6.42. The average Bonchev–Trinajstić information content (AvgIpc) is 3.29. The third-order valence-electron chi connectivity index (χ3n) is 4.40. The molecule has 2 aromatic carbocycles. The summed E-state index contributed by atoms with van der Waals surface area (Å²) < 4.78 is 3.26. The number of benzene rings is 2. The van der Waals surface area contributed by atoms with Gasteiger partial charge in [-0.3, -0.25) is 4.79 Å². The van der Waals surface area contributed by atoms with Crippen molar-refractivity contribution in [2.75, 3.05) is 5.73 Å². The van der Waals surface area contributed by atoms with Gasteiger partial charge >= 0.3 is 0 Å². The molecule has 4 rings (SSSR count). The molecule has 0 saturated carbocycles. The first-order chi connectivity index (χ1) is 14.5. The molecule has 0 fully saturated rings. The van der Waals surface area contributed by atoms with E-state index < -0.39 is 5.91 Å². The Morgan fingerprint density at radius 1 is 1.20 bits per heavy atom. The Kier molecular flexibility index (Phi) is 5.64. The molecule has 30 heavy (non-hydrogen) atoms. The summed E-state index contributed by atoms with van der Waals surface area (Å²) in [5.41, 5.74) is 10.9. The van der Waals surface area contributed by atoms with Gasteiger partial charge in [0.15, 0.2) is 0 Å². The molecular weight excluding hydrogens is 427 g/mol. The van der Waals surface area contributed by atoms with Gasteiger partial charge in [-0.2, -0.15) is 5.10 Å². The molecular formula is C19H16Cl2N8O. The number of anilines is 1. The second-order valence-electron chi connectivity index (χ2n) is 6.47. The quantitative estimate of drug-likeness (QED) is 0.351. The average molecular weight is 443 g/mol. The van der Waals surface area contributed by atoms with E-state index in [1.807, 2.05) is 42.6 Å². The number of rotatable bonds is 6. The Balaban J connectivity index is 1.53. The van der Waals surface area contributed by atoms with Crippen LogP contribution in [0, 0.1) is 0 Å². The topological polar surface area (TPSA) is 116 Å². The minimum atomic E-state index is -0.398. The van der Waals surface area contributed by atoms with E-state index in [0.29, 0.717) is 16.6 Å². The number of hydrogen-bond donors (Lipinski definition) is 2. The maximum absolute atomic E-state index is 12.0. The normalized spacial score (nSPS) is 11.4. The summed E-state index contributed by atoms with van der Waals surface area (Å²) in [4.78, 5) is 12.0. The zero-order chi connectivity index (χ0) is 21.1. The van der Waals surface area contributed by atoms with Crippen LogP contribution in [0.1, 0.15) is 11.1 Å². The highest BCUT2D eigenvalue weighted by Gasteiger charge is 2.09. The number of nitrogens with two attached hydrogens (primary N) is 1. The van der Waals surface area contributed by atoms with Gasteiger partial charge in [0, 0.05) is 29.2 Å². The smallest absolute Gasteiger partial charge is 0.261 e. The van der Waals surface area contributed by atoms with Gasteiger partial charge in [-0.25, -0.2) is 10.1 Å². The molecule has 0 saturated heterocycles. The monoisotopic (exact) mass is 442 g/mol. The Morgan fingerprint density at radius 2 is 2.03 bits per heavy atom. The SMILES string of the molecule is Nc1nnnn1CC(=O)NN=Cc1cn(Cc2ccc(Cl)c(Cl)c2)c2ccccc12. The fourth-order valence-electron chi connectivity index (χ4n) is 3.01. The lowest BCUT2D eigenvalue weighted by Gasteiger charge is -2.06. The maximum Gasteiger partial charge on any atom is 0.261 e. The van der Waals surface area contributed by atoms with Crippen molar-refractivity contribution < 1.29 is 4.79 Å². The predicted molar refractivity (Wildman–Crippen MR) is 115 cm³/mol. The zero-order valence-corrected chi connectivity index (χ0v) is 17.0. The van der Waals surface area contributed by atoms with Crippen LogP contribution < -0.4 is 11.2 Å². The first kappa shape index (κ1) is 19.9. The number of nitrogens with one attached hydrogen (secondary N) is 1. The molecule has 0 unspecified atom stereocenters. The summed E-state index contributed by atoms with van der Waals surface area (Å²) in [6, 6.07) is 13.5. The third kappa shape index (κ3) is 4.27. The van der Waals surface area contributed by atoms with E-state index >= 15 is 0 Å². The Labute approximate surface area is 181 Å². The van der Waals surface area contributed by atoms with Crippen LogP contribution in [0.3, 0.4) is 0 Å². The van der Waals surface area contributed by atoms with E-state index in [4.69, 9.17) is 28.9 Å². The number of nitrogens with zero attached hydrogens (tertiary/aromatic N) is 6. The number of tetrazole rings is 1. The van der Waals surface area contributed by atoms with E-state index in [1.54, 1.807) is 12.3 Å². The summed E-state index contributed by atoms with van der Waals surface area (Å²) >= 11 is 12.1. The fraction of sp³-hybridized carbons (Fsp3) is 0.105. The first-order valence-electron chi connectivity index (χ1n) is 8.86. The largest absolute Gasteiger partial charge is 0.367 e. The van der Waals surface area contributed by atoms with E-state index in [2.05, 4.69) is 30.6 Å². The lowest BCUT2D eigenvalue weighted by molar-refractivity contribution is -0.121. The van der Waals surface area contributed by atoms with Crippen molar-refractivity contribution in [3.63, 3.8) is 0 Å². The predicted octanol–water partition coefficient (Wildman–Crippen LogP) is 2.72. The van der Waals surface area contributed by atoms with E-state index in [-0.39, 0.29) is 12.5 Å². The van der Waals surface area contributed by atoms with Crippen molar-refractivity contribution in [3.8, 4) is 0 Å². The molecule has 2 heterocycles. The fourth-order valence-corrected chi connectivity index (χ4v) is 3.33. The molecule has 152 valence electrons. The Hall–Kier alpha value is -3.43. The van der Waals surface area contributed by atoms with Gasteiger partial charge in [0.25, 0.3) is 5.91 Å². The van der Waals surface area contributed by atoms with Gasteiger partial charge in [0.05, 0.1) is 16.3 Å². The molecule has 3 N–H and O–H groups in total. The van der Waals surface area contributed by atoms with Crippen molar-refractivity contribution >= 4 is 52.2 Å². The van der Waals surface area contributed by atoms with Crippen LogP contribution in [0.2, 0.25) is 10.0 Å². The van der Waals surface area contributed by atoms with Gasteiger partial charge < -0.3 is 10.3 Å². The molecule has 2 aromatic heterocycles. The number of nitrogen functional groups attached to an aromatic ring is 1. The van der Waals surface area contributed by atoms with Crippen LogP contribution in [-0.2, 0) is 17.9 Å². The molecule has 0 atom stereocenters. The molecule has 0 aliphatic heterocycles. The van der Waals surface area contributed by atoms with Crippen LogP contribution in [-0.4, -0.2) is 36.9 Å². The lowest BCUT2D eigenvalue weighted by atomic mass is 10.2. The number of fused-ring (bicyclic) bond motifs is 1. The van der Waals surface area contributed by atoms with E-state index in [1.165, 1.54) is 4.68 Å². The summed E-state index contributed by atoms with van der Waals surface area (Å²) in [5.74, 6) is -0.343. The number of aromatic nitrogens is 5. The summed E-state index contributed by atoms with van der Waals surface area (Å²) in [6.45, 7) is 0.478. The molecule has 0 aliphatic rings. The van der Waals surface area contributed by atoms with Crippen molar-refractivity contribution in [1.82, 2.24) is 30.2 Å². The third-order valence-corrected chi connectivity index (χ3v) is 5.14. The van der Waals surface area contributed by atoms with Crippen molar-refractivity contribution in [2.45, 2.75) is 13.1 Å². The van der Waals surface area contributed by atoms with Gasteiger partial charge in [-0.05, 0) is 34.2 Å². The van der Waals surface area contributed by atoms with Gasteiger partial charge in [-0.15, -0.1) is 0 Å². The molecule has 4 aromatic rings. The second-order valence-corrected chi connectivity index (χ2v) is 7.28. The minimum absolute atomic E-state index is 0.0551. The van der Waals surface area contributed by atoms with Crippen LogP contribution in [0.4, 0.5) is 5.95 Å². The second kappa shape index (κ2) is 8.52. The molecule has 1 amide bonds. The minimum Gasteiger partial charge on any atom is -0.367 e. The number of carbonyl (C=O) groups excluding carboxylic acids is 1. The first-order valence-corrected chi connectivity index (χ1v) is 9.62. The van der Waals surface area contributed by atoms with E-state index in [9.17, 15) is 4.79 Å². The number of carbonyl (C=O) groups is 1. The highest BCUT2D eigenvalue weighted by Crippen LogP contribution is 2.25. The van der Waals surface area contributed by atoms with E-state index in [0.717, 1.165) is 22.0 Å². The standard InChI is InChI=1S/C19H16Cl2N8O/c20-15-6-5-12(7-16(15)21)9-28-10-13(14-3-1-2-4-17(14)28)8-23-24-18(30)11-29-19(22)25-26-27-29/h1-8,10H,9,11H2,(H,24,30)(H2,22,25,27). The van der Waals surface area contributed by atoms with Crippen molar-refractivity contribution in [3.05, 3.63) is 69.8 Å². The lowest BCUT2D eigenvalue weighted by Crippen LogP contribution is -2.24. The molecule has 0 spiro atoms. The molecule has 0 bridgehead atoms. The Morgan fingerprint density at radius 3 is 2.80 bits per heavy atom. The number of para-hydroxylation sites is 1. The highest BCUT2D eigenvalue weighted by atomic mass is 35.5. The Bertz CT molecular complexity index is 1250.